The standard InChI is InChI=1S/C22H26N4O4/c1-5-25(6-2)14-26-17-10-8-7-9-16(17)20(22(26)28)23-24-21(27)15-11-12-18(29-3)19(13-15)30-4/h7-13,28H,5-6,14H2,1-4H3. The van der Waals surface area contributed by atoms with Crippen molar-refractivity contribution < 1.29 is 19.4 Å². The summed E-state index contributed by atoms with van der Waals surface area (Å²) in [5, 5.41) is 19.5. The SMILES string of the molecule is CCN(CC)Cn1c(O)c(N=NC(=O)c2ccc(OC)c(OC)c2)c2ccccc21. The number of azo groups is 1. The summed E-state index contributed by atoms with van der Waals surface area (Å²) in [4.78, 5) is 14.7. The molecule has 1 aromatic heterocycles. The van der Waals surface area contributed by atoms with Gasteiger partial charge in [0.15, 0.2) is 17.2 Å². The van der Waals surface area contributed by atoms with Gasteiger partial charge in [-0.3, -0.25) is 14.3 Å². The van der Waals surface area contributed by atoms with E-state index < -0.39 is 5.91 Å². The first-order valence-corrected chi connectivity index (χ1v) is 9.74. The molecule has 3 rings (SSSR count). The molecular formula is C22H26N4O4. The molecule has 0 aliphatic carbocycles. The van der Waals surface area contributed by atoms with Crippen LogP contribution in [0.2, 0.25) is 0 Å². The number of benzene rings is 2. The Balaban J connectivity index is 1.96. The van der Waals surface area contributed by atoms with E-state index in [2.05, 4.69) is 29.0 Å². The number of hydrogen-bond donors (Lipinski definition) is 1. The molecule has 8 nitrogen and oxygen atoms in total. The Bertz CT molecular complexity index is 1070. The second kappa shape index (κ2) is 9.41. The van der Waals surface area contributed by atoms with E-state index in [1.807, 2.05) is 24.3 Å². The van der Waals surface area contributed by atoms with Gasteiger partial charge in [0, 0.05) is 10.9 Å². The molecule has 0 saturated heterocycles. The van der Waals surface area contributed by atoms with Crippen molar-refractivity contribution in [2.75, 3.05) is 27.3 Å². The van der Waals surface area contributed by atoms with Gasteiger partial charge < -0.3 is 14.6 Å². The van der Waals surface area contributed by atoms with Gasteiger partial charge in [0.2, 0.25) is 5.88 Å². The van der Waals surface area contributed by atoms with Crippen LogP contribution in [0.15, 0.2) is 52.7 Å². The van der Waals surface area contributed by atoms with Crippen LogP contribution in [0.4, 0.5) is 5.69 Å². The average molecular weight is 410 g/mol. The highest BCUT2D eigenvalue weighted by Gasteiger charge is 2.18. The number of carbonyl (C=O) groups is 1. The third-order valence-corrected chi connectivity index (χ3v) is 5.02. The molecule has 30 heavy (non-hydrogen) atoms. The molecule has 2 aromatic carbocycles. The van der Waals surface area contributed by atoms with Crippen LogP contribution in [0.25, 0.3) is 10.9 Å². The van der Waals surface area contributed by atoms with Crippen molar-refractivity contribution in [1.29, 1.82) is 0 Å². The Morgan fingerprint density at radius 3 is 2.43 bits per heavy atom. The normalized spacial score (nSPS) is 11.5. The van der Waals surface area contributed by atoms with Crippen LogP contribution in [0.3, 0.4) is 0 Å². The maximum Gasteiger partial charge on any atom is 0.295 e. The first-order valence-electron chi connectivity index (χ1n) is 9.74. The summed E-state index contributed by atoms with van der Waals surface area (Å²) in [6.45, 7) is 6.33. The van der Waals surface area contributed by atoms with Crippen molar-refractivity contribution in [3.63, 3.8) is 0 Å². The third kappa shape index (κ3) is 4.13. The maximum absolute atomic E-state index is 12.6. The average Bonchev–Trinajstić information content (AvgIpc) is 3.05. The van der Waals surface area contributed by atoms with E-state index in [1.165, 1.54) is 14.2 Å². The number of hydrogen-bond acceptors (Lipinski definition) is 6. The molecule has 1 N–H and O–H groups in total. The molecule has 0 unspecified atom stereocenters. The molecule has 1 heterocycles. The fourth-order valence-corrected chi connectivity index (χ4v) is 3.26. The summed E-state index contributed by atoms with van der Waals surface area (Å²) in [6, 6.07) is 12.3. The van der Waals surface area contributed by atoms with E-state index in [0.717, 1.165) is 24.0 Å². The Morgan fingerprint density at radius 2 is 1.77 bits per heavy atom. The number of para-hydroxylation sites is 1. The number of aromatic nitrogens is 1. The summed E-state index contributed by atoms with van der Waals surface area (Å²) in [5.41, 5.74) is 1.41. The van der Waals surface area contributed by atoms with Crippen LogP contribution in [0.5, 0.6) is 17.4 Å². The van der Waals surface area contributed by atoms with Gasteiger partial charge in [0.25, 0.3) is 5.91 Å². The number of fused-ring (bicyclic) bond motifs is 1. The largest absolute Gasteiger partial charge is 0.493 e. The highest BCUT2D eigenvalue weighted by Crippen LogP contribution is 2.39. The van der Waals surface area contributed by atoms with Gasteiger partial charge >= 0.3 is 0 Å². The molecule has 0 aliphatic heterocycles. The number of ether oxygens (including phenoxy) is 2. The summed E-state index contributed by atoms with van der Waals surface area (Å²) >= 11 is 0. The molecule has 1 amide bonds. The molecule has 3 aromatic rings. The van der Waals surface area contributed by atoms with Gasteiger partial charge in [-0.1, -0.05) is 32.0 Å². The number of amides is 1. The monoisotopic (exact) mass is 410 g/mol. The number of rotatable bonds is 8. The van der Waals surface area contributed by atoms with Gasteiger partial charge in [0.1, 0.15) is 0 Å². The van der Waals surface area contributed by atoms with Gasteiger partial charge in [-0.25, -0.2) is 0 Å². The van der Waals surface area contributed by atoms with Gasteiger partial charge in [0.05, 0.1) is 26.4 Å². The zero-order valence-corrected chi connectivity index (χ0v) is 17.6. The molecule has 0 atom stereocenters. The smallest absolute Gasteiger partial charge is 0.295 e. The van der Waals surface area contributed by atoms with Gasteiger partial charge in [-0.05, 0) is 37.4 Å². The van der Waals surface area contributed by atoms with Crippen molar-refractivity contribution in [2.45, 2.75) is 20.5 Å². The molecule has 0 aliphatic rings. The number of methoxy groups -OCH3 is 2. The Morgan fingerprint density at radius 1 is 1.07 bits per heavy atom. The molecular weight excluding hydrogens is 384 g/mol. The maximum atomic E-state index is 12.6. The lowest BCUT2D eigenvalue weighted by Crippen LogP contribution is -2.25. The number of aromatic hydroxyl groups is 1. The summed E-state index contributed by atoms with van der Waals surface area (Å²) in [7, 11) is 3.02. The van der Waals surface area contributed by atoms with Gasteiger partial charge in [-0.2, -0.15) is 0 Å². The van der Waals surface area contributed by atoms with Crippen LogP contribution >= 0.6 is 0 Å². The van der Waals surface area contributed by atoms with Crippen LogP contribution in [-0.4, -0.2) is 47.8 Å². The lowest BCUT2D eigenvalue weighted by Gasteiger charge is -2.19. The van der Waals surface area contributed by atoms with E-state index >= 15 is 0 Å². The van der Waals surface area contributed by atoms with E-state index in [9.17, 15) is 9.90 Å². The molecule has 8 heteroatoms. The first kappa shape index (κ1) is 21.3. The summed E-state index contributed by atoms with van der Waals surface area (Å²) < 4.78 is 12.2. The molecule has 0 bridgehead atoms. The Labute approximate surface area is 175 Å². The van der Waals surface area contributed by atoms with Gasteiger partial charge in [-0.15, -0.1) is 10.2 Å². The van der Waals surface area contributed by atoms with E-state index in [1.54, 1.807) is 22.8 Å². The van der Waals surface area contributed by atoms with Crippen molar-refractivity contribution >= 4 is 22.5 Å². The Hall–Kier alpha value is -3.39. The van der Waals surface area contributed by atoms with Crippen LogP contribution in [-0.2, 0) is 6.67 Å². The van der Waals surface area contributed by atoms with Crippen molar-refractivity contribution in [3.8, 4) is 17.4 Å². The second-order valence-electron chi connectivity index (χ2n) is 6.64. The lowest BCUT2D eigenvalue weighted by atomic mass is 10.2. The molecule has 158 valence electrons. The quantitative estimate of drug-likeness (QED) is 0.549. The molecule has 0 spiro atoms. The van der Waals surface area contributed by atoms with Crippen molar-refractivity contribution in [1.82, 2.24) is 9.47 Å². The molecule has 0 radical (unpaired) electrons. The van der Waals surface area contributed by atoms with E-state index in [-0.39, 0.29) is 11.6 Å². The summed E-state index contributed by atoms with van der Waals surface area (Å²) in [5.74, 6) is 0.378. The minimum absolute atomic E-state index is 0.0213. The topological polar surface area (TPSA) is 88.7 Å². The minimum Gasteiger partial charge on any atom is -0.493 e. The zero-order chi connectivity index (χ0) is 21.7. The molecule has 0 fully saturated rings. The molecule has 0 saturated carbocycles. The number of nitrogens with zero attached hydrogens (tertiary/aromatic N) is 4. The van der Waals surface area contributed by atoms with Crippen LogP contribution in [0.1, 0.15) is 24.2 Å². The van der Waals surface area contributed by atoms with Crippen LogP contribution < -0.4 is 9.47 Å². The summed E-state index contributed by atoms with van der Waals surface area (Å²) in [6.07, 6.45) is 0. The first-order chi connectivity index (χ1) is 14.5. The van der Waals surface area contributed by atoms with Crippen molar-refractivity contribution in [2.24, 2.45) is 10.2 Å². The zero-order valence-electron chi connectivity index (χ0n) is 17.6. The Kier molecular flexibility index (Phi) is 6.68. The number of carbonyl (C=O) groups excluding carboxylic acids is 1. The highest BCUT2D eigenvalue weighted by atomic mass is 16.5. The second-order valence-corrected chi connectivity index (χ2v) is 6.64. The third-order valence-electron chi connectivity index (χ3n) is 5.02. The van der Waals surface area contributed by atoms with Crippen LogP contribution in [0, 0.1) is 0 Å². The lowest BCUT2D eigenvalue weighted by molar-refractivity contribution is 0.0994. The minimum atomic E-state index is -0.545. The van der Waals surface area contributed by atoms with E-state index in [4.69, 9.17) is 9.47 Å². The predicted octanol–water partition coefficient (Wildman–Crippen LogP) is 4.59. The fraction of sp³-hybridized carbons (Fsp3) is 0.318. The van der Waals surface area contributed by atoms with Crippen molar-refractivity contribution in [3.05, 3.63) is 48.0 Å². The highest BCUT2D eigenvalue weighted by molar-refractivity contribution is 5.97. The predicted molar refractivity (Wildman–Crippen MR) is 115 cm³/mol. The van der Waals surface area contributed by atoms with E-state index in [0.29, 0.717) is 23.7 Å². The fourth-order valence-electron chi connectivity index (χ4n) is 3.26.